The lowest BCUT2D eigenvalue weighted by atomic mass is 10.0. The van der Waals surface area contributed by atoms with E-state index in [0.717, 1.165) is 36.3 Å². The molecule has 3 aromatic rings. The smallest absolute Gasteiger partial charge is 0.237 e. The molecule has 4 rings (SSSR count). The second-order valence-corrected chi connectivity index (χ2v) is 7.67. The van der Waals surface area contributed by atoms with Crippen LogP contribution in [0.15, 0.2) is 47.6 Å². The molecule has 27 heavy (non-hydrogen) atoms. The van der Waals surface area contributed by atoms with Crippen LogP contribution in [0.25, 0.3) is 5.69 Å². The fourth-order valence-corrected chi connectivity index (χ4v) is 4.22. The van der Waals surface area contributed by atoms with E-state index in [0.29, 0.717) is 10.9 Å². The Morgan fingerprint density at radius 1 is 1.15 bits per heavy atom. The number of aromatic nitrogens is 4. The maximum Gasteiger partial charge on any atom is 0.237 e. The number of hydrogen-bond acceptors (Lipinski definition) is 5. The van der Waals surface area contributed by atoms with Crippen LogP contribution in [0.5, 0.6) is 0 Å². The monoisotopic (exact) mass is 379 g/mol. The van der Waals surface area contributed by atoms with Gasteiger partial charge in [0.05, 0.1) is 11.4 Å². The highest BCUT2D eigenvalue weighted by atomic mass is 32.2. The number of thioether (sulfide) groups is 1. The molecule has 138 valence electrons. The van der Waals surface area contributed by atoms with Gasteiger partial charge in [-0.15, -0.1) is 5.10 Å². The molecule has 6 nitrogen and oxygen atoms in total. The maximum absolute atomic E-state index is 12.8. The predicted molar refractivity (Wildman–Crippen MR) is 106 cm³/mol. The Balaban J connectivity index is 1.51. The van der Waals surface area contributed by atoms with Gasteiger partial charge >= 0.3 is 0 Å². The Hall–Kier alpha value is -2.67. The fourth-order valence-electron chi connectivity index (χ4n) is 3.46. The number of aryl methyl sites for hydroxylation is 3. The molecule has 0 saturated carbocycles. The number of tetrazole rings is 1. The van der Waals surface area contributed by atoms with Gasteiger partial charge in [0.1, 0.15) is 0 Å². The number of nitrogens with zero attached hydrogens (tertiary/aromatic N) is 5. The van der Waals surface area contributed by atoms with Crippen molar-refractivity contribution in [1.29, 1.82) is 0 Å². The summed E-state index contributed by atoms with van der Waals surface area (Å²) in [5, 5.41) is 12.7. The third kappa shape index (κ3) is 3.60. The molecule has 7 heteroatoms. The summed E-state index contributed by atoms with van der Waals surface area (Å²) in [6.07, 6.45) is 2.02. The van der Waals surface area contributed by atoms with Crippen molar-refractivity contribution in [2.24, 2.45) is 0 Å². The maximum atomic E-state index is 12.8. The third-order valence-corrected chi connectivity index (χ3v) is 5.66. The van der Waals surface area contributed by atoms with Crippen molar-refractivity contribution in [2.45, 2.75) is 31.8 Å². The molecular formula is C20H21N5OS. The molecule has 0 N–H and O–H groups in total. The quantitative estimate of drug-likeness (QED) is 0.651. The Morgan fingerprint density at radius 3 is 2.85 bits per heavy atom. The summed E-state index contributed by atoms with van der Waals surface area (Å²) in [6, 6.07) is 14.3. The molecule has 0 saturated heterocycles. The van der Waals surface area contributed by atoms with E-state index in [-0.39, 0.29) is 5.91 Å². The van der Waals surface area contributed by atoms with E-state index in [1.165, 1.54) is 22.9 Å². The Kier molecular flexibility index (Phi) is 4.94. The van der Waals surface area contributed by atoms with Crippen molar-refractivity contribution in [3.05, 3.63) is 59.2 Å². The number of anilines is 1. The van der Waals surface area contributed by atoms with Gasteiger partial charge < -0.3 is 4.90 Å². The standard InChI is InChI=1S/C20H21N5OS/c1-14-9-10-17(15(2)12-14)25-20(21-22-23-25)27-13-19(26)24-11-5-7-16-6-3-4-8-18(16)24/h3-4,6,8-10,12H,5,7,11,13H2,1-2H3. The van der Waals surface area contributed by atoms with Gasteiger partial charge in [0, 0.05) is 12.2 Å². The molecule has 0 fully saturated rings. The molecule has 0 unspecified atom stereocenters. The predicted octanol–water partition coefficient (Wildman–Crippen LogP) is 3.35. The number of carbonyl (C=O) groups excluding carboxylic acids is 1. The van der Waals surface area contributed by atoms with Crippen molar-refractivity contribution < 1.29 is 4.79 Å². The topological polar surface area (TPSA) is 63.9 Å². The van der Waals surface area contributed by atoms with Crippen molar-refractivity contribution >= 4 is 23.4 Å². The Labute approximate surface area is 162 Å². The molecular weight excluding hydrogens is 358 g/mol. The SMILES string of the molecule is Cc1ccc(-n2nnnc2SCC(=O)N2CCCc3ccccc32)c(C)c1. The fraction of sp³-hybridized carbons (Fsp3) is 0.300. The van der Waals surface area contributed by atoms with E-state index in [1.807, 2.05) is 42.2 Å². The molecule has 2 aromatic carbocycles. The summed E-state index contributed by atoms with van der Waals surface area (Å²) in [7, 11) is 0. The van der Waals surface area contributed by atoms with Gasteiger partial charge in [0.25, 0.3) is 0 Å². The number of fused-ring (bicyclic) bond motifs is 1. The van der Waals surface area contributed by atoms with Gasteiger partial charge in [0.2, 0.25) is 11.1 Å². The molecule has 1 amide bonds. The first kappa shape index (κ1) is 17.7. The average Bonchev–Trinajstić information content (AvgIpc) is 3.14. The zero-order valence-corrected chi connectivity index (χ0v) is 16.2. The van der Waals surface area contributed by atoms with Crippen LogP contribution in [-0.2, 0) is 11.2 Å². The molecule has 1 aromatic heterocycles. The normalized spacial score (nSPS) is 13.5. The highest BCUT2D eigenvalue weighted by Gasteiger charge is 2.23. The van der Waals surface area contributed by atoms with Gasteiger partial charge in [-0.3, -0.25) is 4.79 Å². The minimum atomic E-state index is 0.0855. The summed E-state index contributed by atoms with van der Waals surface area (Å²) >= 11 is 1.37. The van der Waals surface area contributed by atoms with Crippen LogP contribution in [0, 0.1) is 13.8 Å². The molecule has 2 heterocycles. The van der Waals surface area contributed by atoms with E-state index in [2.05, 4.69) is 34.6 Å². The van der Waals surface area contributed by atoms with Crippen molar-refractivity contribution in [2.75, 3.05) is 17.2 Å². The van der Waals surface area contributed by atoms with Gasteiger partial charge in [-0.2, -0.15) is 4.68 Å². The van der Waals surface area contributed by atoms with Gasteiger partial charge in [-0.05, 0) is 60.4 Å². The van der Waals surface area contributed by atoms with E-state index < -0.39 is 0 Å². The minimum absolute atomic E-state index is 0.0855. The Bertz CT molecular complexity index is 984. The van der Waals surface area contributed by atoms with Crippen LogP contribution in [-0.4, -0.2) is 38.4 Å². The molecule has 0 radical (unpaired) electrons. The lowest BCUT2D eigenvalue weighted by Crippen LogP contribution is -2.36. The highest BCUT2D eigenvalue weighted by Crippen LogP contribution is 2.28. The first-order valence-corrected chi connectivity index (χ1v) is 9.99. The third-order valence-electron chi connectivity index (χ3n) is 4.76. The molecule has 0 bridgehead atoms. The zero-order valence-electron chi connectivity index (χ0n) is 15.4. The number of rotatable bonds is 4. The van der Waals surface area contributed by atoms with Crippen LogP contribution in [0.2, 0.25) is 0 Å². The number of carbonyl (C=O) groups is 1. The number of amides is 1. The number of benzene rings is 2. The van der Waals surface area contributed by atoms with Crippen LogP contribution in [0.4, 0.5) is 5.69 Å². The molecule has 1 aliphatic rings. The largest absolute Gasteiger partial charge is 0.311 e. The first-order valence-electron chi connectivity index (χ1n) is 9.00. The molecule has 0 aliphatic carbocycles. The molecule has 1 aliphatic heterocycles. The average molecular weight is 379 g/mol. The van der Waals surface area contributed by atoms with Crippen LogP contribution >= 0.6 is 11.8 Å². The minimum Gasteiger partial charge on any atom is -0.311 e. The van der Waals surface area contributed by atoms with Crippen molar-refractivity contribution in [3.8, 4) is 5.69 Å². The summed E-state index contributed by atoms with van der Waals surface area (Å²) in [6.45, 7) is 4.86. The van der Waals surface area contributed by atoms with Crippen LogP contribution in [0.1, 0.15) is 23.1 Å². The summed E-state index contributed by atoms with van der Waals surface area (Å²) in [4.78, 5) is 14.7. The van der Waals surface area contributed by atoms with Gasteiger partial charge in [-0.1, -0.05) is 47.7 Å². The zero-order chi connectivity index (χ0) is 18.8. The van der Waals surface area contributed by atoms with Crippen molar-refractivity contribution in [1.82, 2.24) is 20.2 Å². The van der Waals surface area contributed by atoms with E-state index >= 15 is 0 Å². The summed E-state index contributed by atoms with van der Waals surface area (Å²) in [5.74, 6) is 0.391. The van der Waals surface area contributed by atoms with E-state index in [9.17, 15) is 4.79 Å². The Morgan fingerprint density at radius 2 is 2.00 bits per heavy atom. The van der Waals surface area contributed by atoms with Gasteiger partial charge in [0.15, 0.2) is 0 Å². The second-order valence-electron chi connectivity index (χ2n) is 6.73. The van der Waals surface area contributed by atoms with E-state index in [1.54, 1.807) is 4.68 Å². The number of hydrogen-bond donors (Lipinski definition) is 0. The van der Waals surface area contributed by atoms with Crippen molar-refractivity contribution in [3.63, 3.8) is 0 Å². The first-order chi connectivity index (χ1) is 13.1. The molecule has 0 atom stereocenters. The molecule has 0 spiro atoms. The lowest BCUT2D eigenvalue weighted by Gasteiger charge is -2.29. The van der Waals surface area contributed by atoms with E-state index in [4.69, 9.17) is 0 Å². The second kappa shape index (κ2) is 7.52. The lowest BCUT2D eigenvalue weighted by molar-refractivity contribution is -0.116. The highest BCUT2D eigenvalue weighted by molar-refractivity contribution is 7.99. The van der Waals surface area contributed by atoms with Crippen LogP contribution < -0.4 is 4.90 Å². The van der Waals surface area contributed by atoms with Gasteiger partial charge in [-0.25, -0.2) is 0 Å². The summed E-state index contributed by atoms with van der Waals surface area (Å²) < 4.78 is 1.71. The summed E-state index contributed by atoms with van der Waals surface area (Å²) in [5.41, 5.74) is 5.49. The van der Waals surface area contributed by atoms with Crippen LogP contribution in [0.3, 0.4) is 0 Å². The number of para-hydroxylation sites is 1.